The summed E-state index contributed by atoms with van der Waals surface area (Å²) in [6.07, 6.45) is 1.78. The lowest BCUT2D eigenvalue weighted by Crippen LogP contribution is -2.55. The van der Waals surface area contributed by atoms with Gasteiger partial charge >= 0.3 is 5.97 Å². The van der Waals surface area contributed by atoms with E-state index < -0.39 is 66.6 Å². The predicted octanol–water partition coefficient (Wildman–Crippen LogP) is -2.23. The maximum Gasteiger partial charge on any atom is 0.326 e. The first-order valence-electron chi connectivity index (χ1n) is 8.62. The Labute approximate surface area is 167 Å². The third-order valence-corrected chi connectivity index (χ3v) is 4.32. The maximum absolute atomic E-state index is 12.3. The van der Waals surface area contributed by atoms with Gasteiger partial charge < -0.3 is 32.5 Å². The van der Waals surface area contributed by atoms with Crippen LogP contribution in [0, 0.1) is 5.92 Å². The number of thioether (sulfide) groups is 1. The maximum atomic E-state index is 12.3. The fourth-order valence-electron chi connectivity index (χ4n) is 2.10. The summed E-state index contributed by atoms with van der Waals surface area (Å²) in [5, 5.41) is 16.0. The number of hydrogen-bond donors (Lipinski definition) is 6. The van der Waals surface area contributed by atoms with Crippen molar-refractivity contribution in [3.63, 3.8) is 0 Å². The van der Waals surface area contributed by atoms with Crippen molar-refractivity contribution >= 4 is 41.4 Å². The van der Waals surface area contributed by atoms with Crippen LogP contribution in [0.5, 0.6) is 0 Å². The normalized spacial score (nSPS) is 13.9. The first-order valence-corrected chi connectivity index (χ1v) is 10.0. The number of carbonyl (C=O) groups excluding carboxylic acids is 4. The summed E-state index contributed by atoms with van der Waals surface area (Å²) >= 11 is 1.53. The lowest BCUT2D eigenvalue weighted by atomic mass is 10.0. The third-order valence-electron chi connectivity index (χ3n) is 3.68. The van der Waals surface area contributed by atoms with Gasteiger partial charge in [0.25, 0.3) is 0 Å². The van der Waals surface area contributed by atoms with Gasteiger partial charge in [0, 0.05) is 0 Å². The van der Waals surface area contributed by atoms with Crippen LogP contribution in [0.25, 0.3) is 0 Å². The number of aliphatic carboxylic acids is 1. The van der Waals surface area contributed by atoms with Crippen LogP contribution >= 0.6 is 11.8 Å². The van der Waals surface area contributed by atoms with Gasteiger partial charge in [0.05, 0.1) is 19.0 Å². The van der Waals surface area contributed by atoms with Gasteiger partial charge in [-0.2, -0.15) is 11.8 Å². The standard InChI is InChI=1S/C16H29N5O6S/c1-8(2)13(16(26)27)21-15(25)10(6-11(18)22)20-12(23)7-19-14(24)9(17)4-5-28-3/h8-10,13H,4-7,17H2,1-3H3,(H2,18,22)(H,19,24)(H,20,23)(H,21,25)(H,26,27). The minimum Gasteiger partial charge on any atom is -0.480 e. The summed E-state index contributed by atoms with van der Waals surface area (Å²) < 4.78 is 0. The Bertz CT molecular complexity index is 586. The van der Waals surface area contributed by atoms with Gasteiger partial charge in [-0.05, 0) is 24.3 Å². The number of carbonyl (C=O) groups is 5. The molecule has 0 aliphatic rings. The molecule has 0 fully saturated rings. The largest absolute Gasteiger partial charge is 0.480 e. The van der Waals surface area contributed by atoms with Crippen LogP contribution in [0.2, 0.25) is 0 Å². The van der Waals surface area contributed by atoms with Crippen molar-refractivity contribution < 1.29 is 29.1 Å². The van der Waals surface area contributed by atoms with E-state index in [1.807, 2.05) is 6.26 Å². The molecule has 4 amide bonds. The van der Waals surface area contributed by atoms with Crippen molar-refractivity contribution in [2.45, 2.75) is 44.8 Å². The lowest BCUT2D eigenvalue weighted by Gasteiger charge is -2.22. The zero-order chi connectivity index (χ0) is 21.9. The van der Waals surface area contributed by atoms with E-state index in [-0.39, 0.29) is 0 Å². The van der Waals surface area contributed by atoms with Gasteiger partial charge in [0.1, 0.15) is 12.1 Å². The fourth-order valence-corrected chi connectivity index (χ4v) is 2.59. The van der Waals surface area contributed by atoms with Crippen molar-refractivity contribution in [2.24, 2.45) is 17.4 Å². The highest BCUT2D eigenvalue weighted by atomic mass is 32.2. The monoisotopic (exact) mass is 419 g/mol. The van der Waals surface area contributed by atoms with Crippen molar-refractivity contribution in [1.82, 2.24) is 16.0 Å². The fraction of sp³-hybridized carbons (Fsp3) is 0.688. The van der Waals surface area contributed by atoms with Crippen LogP contribution in [-0.4, -0.2) is 71.4 Å². The molecule has 0 heterocycles. The van der Waals surface area contributed by atoms with Crippen LogP contribution in [0.15, 0.2) is 0 Å². The quantitative estimate of drug-likeness (QED) is 0.193. The second-order valence-electron chi connectivity index (χ2n) is 6.46. The summed E-state index contributed by atoms with van der Waals surface area (Å²) in [5.74, 6) is -3.99. The van der Waals surface area contributed by atoms with Gasteiger partial charge in [-0.3, -0.25) is 19.2 Å². The molecular weight excluding hydrogens is 390 g/mol. The molecule has 0 aliphatic carbocycles. The molecule has 12 heteroatoms. The number of primary amides is 1. The molecule has 0 radical (unpaired) electrons. The molecule has 0 aliphatic heterocycles. The van der Waals surface area contributed by atoms with E-state index in [1.54, 1.807) is 13.8 Å². The Morgan fingerprint density at radius 1 is 1.07 bits per heavy atom. The molecule has 0 rings (SSSR count). The van der Waals surface area contributed by atoms with E-state index in [1.165, 1.54) is 11.8 Å². The number of rotatable bonds is 13. The number of amides is 4. The first-order chi connectivity index (χ1) is 13.0. The second-order valence-corrected chi connectivity index (χ2v) is 7.45. The van der Waals surface area contributed by atoms with Crippen LogP contribution in [0.3, 0.4) is 0 Å². The number of hydrogen-bond acceptors (Lipinski definition) is 7. The average molecular weight is 420 g/mol. The van der Waals surface area contributed by atoms with E-state index in [0.29, 0.717) is 12.2 Å². The van der Waals surface area contributed by atoms with Crippen molar-refractivity contribution in [3.8, 4) is 0 Å². The number of carboxylic acid groups (broad SMARTS) is 1. The molecule has 0 bridgehead atoms. The van der Waals surface area contributed by atoms with E-state index in [9.17, 15) is 24.0 Å². The zero-order valence-electron chi connectivity index (χ0n) is 16.2. The summed E-state index contributed by atoms with van der Waals surface area (Å²) in [5.41, 5.74) is 10.8. The second kappa shape index (κ2) is 12.9. The van der Waals surface area contributed by atoms with E-state index in [4.69, 9.17) is 16.6 Å². The predicted molar refractivity (Wildman–Crippen MR) is 104 cm³/mol. The van der Waals surface area contributed by atoms with Gasteiger partial charge in [-0.15, -0.1) is 0 Å². The molecule has 28 heavy (non-hydrogen) atoms. The Kier molecular flexibility index (Phi) is 11.9. The summed E-state index contributed by atoms with van der Waals surface area (Å²) in [6, 6.07) is -3.34. The molecule has 0 aromatic rings. The summed E-state index contributed by atoms with van der Waals surface area (Å²) in [6.45, 7) is 2.73. The smallest absolute Gasteiger partial charge is 0.326 e. The van der Waals surface area contributed by atoms with Gasteiger partial charge in [-0.1, -0.05) is 13.8 Å². The average Bonchev–Trinajstić information content (AvgIpc) is 2.60. The highest BCUT2D eigenvalue weighted by molar-refractivity contribution is 7.98. The van der Waals surface area contributed by atoms with Gasteiger partial charge in [0.2, 0.25) is 23.6 Å². The topological polar surface area (TPSA) is 194 Å². The number of nitrogens with one attached hydrogen (secondary N) is 3. The molecule has 0 aromatic heterocycles. The third kappa shape index (κ3) is 10.1. The molecule has 0 spiro atoms. The van der Waals surface area contributed by atoms with Gasteiger partial charge in [-0.25, -0.2) is 4.79 Å². The SMILES string of the molecule is CSCCC(N)C(=O)NCC(=O)NC(CC(N)=O)C(=O)NC(C(=O)O)C(C)C. The molecular formula is C16H29N5O6S. The molecule has 0 saturated heterocycles. The zero-order valence-corrected chi connectivity index (χ0v) is 17.0. The lowest BCUT2D eigenvalue weighted by molar-refractivity contribution is -0.143. The van der Waals surface area contributed by atoms with Crippen molar-refractivity contribution in [2.75, 3.05) is 18.6 Å². The minimum absolute atomic E-state index is 0.423. The van der Waals surface area contributed by atoms with Crippen molar-refractivity contribution in [1.29, 1.82) is 0 Å². The Morgan fingerprint density at radius 3 is 2.14 bits per heavy atom. The Hall–Kier alpha value is -2.34. The van der Waals surface area contributed by atoms with Crippen LogP contribution < -0.4 is 27.4 Å². The molecule has 8 N–H and O–H groups in total. The highest BCUT2D eigenvalue weighted by Gasteiger charge is 2.29. The molecule has 3 unspecified atom stereocenters. The van der Waals surface area contributed by atoms with Crippen molar-refractivity contribution in [3.05, 3.63) is 0 Å². The van der Waals surface area contributed by atoms with Crippen LogP contribution in [0.1, 0.15) is 26.7 Å². The first kappa shape index (κ1) is 25.7. The van der Waals surface area contributed by atoms with E-state index in [2.05, 4.69) is 16.0 Å². The van der Waals surface area contributed by atoms with Gasteiger partial charge in [0.15, 0.2) is 0 Å². The molecule has 0 aromatic carbocycles. The summed E-state index contributed by atoms with van der Waals surface area (Å²) in [7, 11) is 0. The minimum atomic E-state index is -1.37. The molecule has 11 nitrogen and oxygen atoms in total. The Balaban J connectivity index is 4.83. The number of carboxylic acids is 1. The van der Waals surface area contributed by atoms with Crippen LogP contribution in [-0.2, 0) is 24.0 Å². The molecule has 3 atom stereocenters. The van der Waals surface area contributed by atoms with Crippen LogP contribution in [0.4, 0.5) is 0 Å². The number of nitrogens with two attached hydrogens (primary N) is 2. The van der Waals surface area contributed by atoms with E-state index in [0.717, 1.165) is 0 Å². The van der Waals surface area contributed by atoms with E-state index >= 15 is 0 Å². The molecule has 0 saturated carbocycles. The molecule has 160 valence electrons. The Morgan fingerprint density at radius 2 is 1.68 bits per heavy atom. The summed E-state index contributed by atoms with van der Waals surface area (Å²) in [4.78, 5) is 58.5. The highest BCUT2D eigenvalue weighted by Crippen LogP contribution is 2.03.